The molecule has 1 aliphatic heterocycles. The van der Waals surface area contributed by atoms with Crippen LogP contribution in [0.4, 0.5) is 4.39 Å². The number of alkyl halides is 1. The zero-order valence-corrected chi connectivity index (χ0v) is 10.9. The van der Waals surface area contributed by atoms with Crippen molar-refractivity contribution in [1.29, 1.82) is 0 Å². The zero-order valence-electron chi connectivity index (χ0n) is 10.9. The van der Waals surface area contributed by atoms with Crippen molar-refractivity contribution in [2.24, 2.45) is 0 Å². The Bertz CT molecular complexity index is 460. The van der Waals surface area contributed by atoms with Crippen LogP contribution < -0.4 is 0 Å². The van der Waals surface area contributed by atoms with Crippen LogP contribution in [-0.4, -0.2) is 36.4 Å². The number of piperidine rings is 1. The molecule has 18 heavy (non-hydrogen) atoms. The fraction of sp³-hybridized carbons (Fsp3) is 0.643. The number of rotatable bonds is 1. The zero-order chi connectivity index (χ0) is 12.7. The van der Waals surface area contributed by atoms with Crippen LogP contribution in [0.1, 0.15) is 48.6 Å². The largest absolute Gasteiger partial charge is 0.360 e. The smallest absolute Gasteiger partial charge is 0.150 e. The molecule has 0 spiro atoms. The Morgan fingerprint density at radius 1 is 1.39 bits per heavy atom. The van der Waals surface area contributed by atoms with Gasteiger partial charge in [0, 0.05) is 11.5 Å². The van der Waals surface area contributed by atoms with Crippen LogP contribution in [0.25, 0.3) is 6.08 Å². The average molecular weight is 250 g/mol. The first-order valence-electron chi connectivity index (χ1n) is 6.67. The third-order valence-corrected chi connectivity index (χ3v) is 4.23. The maximum Gasteiger partial charge on any atom is 0.150 e. The van der Waals surface area contributed by atoms with E-state index in [1.807, 2.05) is 13.0 Å². The molecule has 0 aromatic carbocycles. The lowest BCUT2D eigenvalue weighted by atomic mass is 9.86. The van der Waals surface area contributed by atoms with Gasteiger partial charge in [-0.3, -0.25) is 0 Å². The molecule has 1 aromatic heterocycles. The quantitative estimate of drug-likeness (QED) is 0.767. The summed E-state index contributed by atoms with van der Waals surface area (Å²) in [6.07, 6.45) is 4.75. The van der Waals surface area contributed by atoms with Gasteiger partial charge in [-0.25, -0.2) is 4.39 Å². The van der Waals surface area contributed by atoms with Gasteiger partial charge in [-0.15, -0.1) is 0 Å². The molecular formula is C14H19FN2O. The van der Waals surface area contributed by atoms with Gasteiger partial charge in [-0.2, -0.15) is 0 Å². The summed E-state index contributed by atoms with van der Waals surface area (Å²) in [6, 6.07) is 0. The van der Waals surface area contributed by atoms with Crippen LogP contribution in [0.5, 0.6) is 0 Å². The molecule has 2 heterocycles. The van der Waals surface area contributed by atoms with Crippen molar-refractivity contribution in [3.05, 3.63) is 23.1 Å². The number of likely N-dealkylation sites (tertiary alicyclic amines) is 1. The summed E-state index contributed by atoms with van der Waals surface area (Å²) in [5.41, 5.74) is 2.07. The molecule has 3 nitrogen and oxygen atoms in total. The molecule has 0 amide bonds. The summed E-state index contributed by atoms with van der Waals surface area (Å²) in [7, 11) is 2.14. The molecule has 1 fully saturated rings. The van der Waals surface area contributed by atoms with Crippen LogP contribution in [0, 0.1) is 0 Å². The second-order valence-corrected chi connectivity index (χ2v) is 5.52. The van der Waals surface area contributed by atoms with Gasteiger partial charge in [0.15, 0.2) is 0 Å². The summed E-state index contributed by atoms with van der Waals surface area (Å²) >= 11 is 0. The lowest BCUT2D eigenvalue weighted by Crippen LogP contribution is -2.29. The number of hydrogen-bond donors (Lipinski definition) is 0. The Morgan fingerprint density at radius 3 is 2.83 bits per heavy atom. The number of halogens is 1. The van der Waals surface area contributed by atoms with E-state index in [9.17, 15) is 4.39 Å². The van der Waals surface area contributed by atoms with E-state index in [0.29, 0.717) is 5.92 Å². The van der Waals surface area contributed by atoms with Gasteiger partial charge in [-0.1, -0.05) is 18.2 Å². The molecule has 1 aromatic rings. The van der Waals surface area contributed by atoms with Gasteiger partial charge in [0.2, 0.25) is 0 Å². The van der Waals surface area contributed by atoms with E-state index in [-0.39, 0.29) is 5.92 Å². The Kier molecular flexibility index (Phi) is 2.98. The first kappa shape index (κ1) is 11.9. The van der Waals surface area contributed by atoms with Gasteiger partial charge < -0.3 is 9.42 Å². The first-order chi connectivity index (χ1) is 8.66. The molecule has 1 aliphatic carbocycles. The van der Waals surface area contributed by atoms with E-state index in [2.05, 4.69) is 17.1 Å². The Balaban J connectivity index is 1.88. The molecule has 0 bridgehead atoms. The van der Waals surface area contributed by atoms with Crippen molar-refractivity contribution in [2.75, 3.05) is 20.1 Å². The SMILES string of the molecule is CC1c2onc(C3CCN(C)CC3)c2C=CC1F. The fourth-order valence-electron chi connectivity index (χ4n) is 2.89. The molecule has 0 radical (unpaired) electrons. The molecule has 3 rings (SSSR count). The van der Waals surface area contributed by atoms with Crippen LogP contribution in [0.2, 0.25) is 0 Å². The minimum absolute atomic E-state index is 0.211. The van der Waals surface area contributed by atoms with Crippen LogP contribution in [0.15, 0.2) is 10.6 Å². The first-order valence-corrected chi connectivity index (χ1v) is 6.67. The maximum atomic E-state index is 13.6. The number of hydrogen-bond acceptors (Lipinski definition) is 3. The van der Waals surface area contributed by atoms with E-state index in [1.165, 1.54) is 0 Å². The molecule has 1 saturated heterocycles. The summed E-state index contributed by atoms with van der Waals surface area (Å²) in [4.78, 5) is 2.33. The summed E-state index contributed by atoms with van der Waals surface area (Å²) < 4.78 is 19.0. The Morgan fingerprint density at radius 2 is 2.11 bits per heavy atom. The van der Waals surface area contributed by atoms with Crippen molar-refractivity contribution in [3.63, 3.8) is 0 Å². The predicted molar refractivity (Wildman–Crippen MR) is 68.3 cm³/mol. The monoisotopic (exact) mass is 250 g/mol. The second-order valence-electron chi connectivity index (χ2n) is 5.52. The van der Waals surface area contributed by atoms with E-state index in [1.54, 1.807) is 6.08 Å². The highest BCUT2D eigenvalue weighted by Crippen LogP contribution is 2.38. The van der Waals surface area contributed by atoms with Gasteiger partial charge >= 0.3 is 0 Å². The topological polar surface area (TPSA) is 29.3 Å². The molecule has 0 saturated carbocycles. The second kappa shape index (κ2) is 4.50. The highest BCUT2D eigenvalue weighted by atomic mass is 19.1. The molecule has 98 valence electrons. The highest BCUT2D eigenvalue weighted by molar-refractivity contribution is 5.59. The lowest BCUT2D eigenvalue weighted by Gasteiger charge is -2.28. The minimum Gasteiger partial charge on any atom is -0.360 e. The summed E-state index contributed by atoms with van der Waals surface area (Å²) in [5, 5.41) is 4.22. The van der Waals surface area contributed by atoms with Crippen molar-refractivity contribution in [1.82, 2.24) is 10.1 Å². The lowest BCUT2D eigenvalue weighted by molar-refractivity contribution is 0.247. The third-order valence-electron chi connectivity index (χ3n) is 4.23. The molecule has 2 atom stereocenters. The summed E-state index contributed by atoms with van der Waals surface area (Å²) in [6.45, 7) is 4.05. The summed E-state index contributed by atoms with van der Waals surface area (Å²) in [5.74, 6) is 0.971. The van der Waals surface area contributed by atoms with Crippen LogP contribution >= 0.6 is 0 Å². The third kappa shape index (κ3) is 1.88. The van der Waals surface area contributed by atoms with Crippen molar-refractivity contribution in [3.8, 4) is 0 Å². The molecule has 0 N–H and O–H groups in total. The van der Waals surface area contributed by atoms with E-state index < -0.39 is 6.17 Å². The van der Waals surface area contributed by atoms with E-state index in [4.69, 9.17) is 4.52 Å². The van der Waals surface area contributed by atoms with Gasteiger partial charge in [-0.05, 0) is 39.1 Å². The number of fused-ring (bicyclic) bond motifs is 1. The molecular weight excluding hydrogens is 231 g/mol. The predicted octanol–water partition coefficient (Wildman–Crippen LogP) is 2.95. The highest BCUT2D eigenvalue weighted by Gasteiger charge is 2.32. The number of aromatic nitrogens is 1. The van der Waals surface area contributed by atoms with E-state index in [0.717, 1.165) is 42.9 Å². The van der Waals surface area contributed by atoms with Crippen molar-refractivity contribution in [2.45, 2.75) is 37.8 Å². The average Bonchev–Trinajstić information content (AvgIpc) is 2.79. The number of nitrogens with zero attached hydrogens (tertiary/aromatic N) is 2. The fourth-order valence-corrected chi connectivity index (χ4v) is 2.89. The Hall–Kier alpha value is -1.16. The standard InChI is InChI=1S/C14H19FN2O/c1-9-12(15)4-3-11-13(16-18-14(9)11)10-5-7-17(2)8-6-10/h3-4,9-10,12H,5-8H2,1-2H3. The van der Waals surface area contributed by atoms with Crippen molar-refractivity contribution < 1.29 is 8.91 Å². The number of allylic oxidation sites excluding steroid dienone is 1. The van der Waals surface area contributed by atoms with E-state index >= 15 is 0 Å². The molecule has 4 heteroatoms. The maximum absolute atomic E-state index is 13.6. The molecule has 2 unspecified atom stereocenters. The van der Waals surface area contributed by atoms with Crippen molar-refractivity contribution >= 4 is 6.08 Å². The van der Waals surface area contributed by atoms with Crippen LogP contribution in [-0.2, 0) is 0 Å². The van der Waals surface area contributed by atoms with Gasteiger partial charge in [0.25, 0.3) is 0 Å². The molecule has 2 aliphatic rings. The van der Waals surface area contributed by atoms with Gasteiger partial charge in [0.1, 0.15) is 11.9 Å². The Labute approximate surface area is 107 Å². The van der Waals surface area contributed by atoms with Gasteiger partial charge in [0.05, 0.1) is 11.6 Å². The normalized spacial score (nSPS) is 29.5. The minimum atomic E-state index is -0.948. The van der Waals surface area contributed by atoms with Crippen LogP contribution in [0.3, 0.4) is 0 Å².